The summed E-state index contributed by atoms with van der Waals surface area (Å²) in [5.41, 5.74) is 6.00. The summed E-state index contributed by atoms with van der Waals surface area (Å²) >= 11 is 0. The van der Waals surface area contributed by atoms with E-state index >= 15 is 0 Å². The molecule has 0 aliphatic heterocycles. The molecule has 1 aliphatic carbocycles. The quantitative estimate of drug-likeness (QED) is 0.743. The van der Waals surface area contributed by atoms with Gasteiger partial charge in [-0.25, -0.2) is 0 Å². The van der Waals surface area contributed by atoms with Gasteiger partial charge in [0.1, 0.15) is 0 Å². The largest absolute Gasteiger partial charge is 0.314 e. The zero-order valence-corrected chi connectivity index (χ0v) is 14.5. The fraction of sp³-hybridized carbons (Fsp3) is 0.700. The number of benzene rings is 1. The van der Waals surface area contributed by atoms with Gasteiger partial charge >= 0.3 is 0 Å². The lowest BCUT2D eigenvalue weighted by atomic mass is 9.86. The maximum atomic E-state index is 3.77. The Morgan fingerprint density at radius 2 is 1.71 bits per heavy atom. The number of hydrogen-bond donors (Lipinski definition) is 1. The van der Waals surface area contributed by atoms with Crippen molar-refractivity contribution < 1.29 is 0 Å². The van der Waals surface area contributed by atoms with E-state index in [1.54, 1.807) is 5.56 Å². The van der Waals surface area contributed by atoms with Crippen molar-refractivity contribution in [3.05, 3.63) is 34.4 Å². The molecule has 118 valence electrons. The first-order valence-corrected chi connectivity index (χ1v) is 8.90. The third-order valence-corrected chi connectivity index (χ3v) is 5.05. The van der Waals surface area contributed by atoms with Crippen molar-refractivity contribution in [1.29, 1.82) is 0 Å². The Labute approximate surface area is 131 Å². The summed E-state index contributed by atoms with van der Waals surface area (Å²) < 4.78 is 0. The molecule has 2 atom stereocenters. The van der Waals surface area contributed by atoms with E-state index < -0.39 is 0 Å². The minimum absolute atomic E-state index is 0.753. The molecule has 1 aromatic rings. The number of hydrogen-bond acceptors (Lipinski definition) is 1. The fourth-order valence-electron chi connectivity index (χ4n) is 4.00. The SMILES string of the molecule is CCCNC1CCCCC(Cc2c(C)cc(C)cc2C)C1. The lowest BCUT2D eigenvalue weighted by Gasteiger charge is -2.23. The normalized spacial score (nSPS) is 23.0. The van der Waals surface area contributed by atoms with Crippen LogP contribution in [-0.2, 0) is 6.42 Å². The van der Waals surface area contributed by atoms with Gasteiger partial charge in [0, 0.05) is 6.04 Å². The van der Waals surface area contributed by atoms with Gasteiger partial charge in [0.15, 0.2) is 0 Å². The maximum absolute atomic E-state index is 3.77. The van der Waals surface area contributed by atoms with Crippen LogP contribution >= 0.6 is 0 Å². The molecule has 1 heteroatoms. The van der Waals surface area contributed by atoms with E-state index in [9.17, 15) is 0 Å². The molecule has 0 aromatic heterocycles. The number of nitrogens with one attached hydrogen (secondary N) is 1. The Hall–Kier alpha value is -0.820. The van der Waals surface area contributed by atoms with Crippen LogP contribution in [0.3, 0.4) is 0 Å². The lowest BCUT2D eigenvalue weighted by molar-refractivity contribution is 0.383. The Bertz CT molecular complexity index is 426. The maximum Gasteiger partial charge on any atom is 0.00698 e. The standard InChI is InChI=1S/C20H33N/c1-5-10-21-19-9-7-6-8-18(13-19)14-20-16(3)11-15(2)12-17(20)4/h11-12,18-19,21H,5-10,13-14H2,1-4H3. The van der Waals surface area contributed by atoms with Gasteiger partial charge in [-0.15, -0.1) is 0 Å². The molecule has 1 saturated carbocycles. The van der Waals surface area contributed by atoms with Gasteiger partial charge in [-0.1, -0.05) is 43.9 Å². The molecule has 1 aromatic carbocycles. The van der Waals surface area contributed by atoms with Crippen LogP contribution in [0.5, 0.6) is 0 Å². The van der Waals surface area contributed by atoms with Crippen LogP contribution in [0.25, 0.3) is 0 Å². The summed E-state index contributed by atoms with van der Waals surface area (Å²) in [7, 11) is 0. The molecule has 2 unspecified atom stereocenters. The van der Waals surface area contributed by atoms with Crippen LogP contribution < -0.4 is 5.32 Å². The van der Waals surface area contributed by atoms with Crippen LogP contribution in [0, 0.1) is 26.7 Å². The second-order valence-corrected chi connectivity index (χ2v) is 7.12. The Morgan fingerprint density at radius 1 is 1.05 bits per heavy atom. The van der Waals surface area contributed by atoms with Crippen LogP contribution in [0.15, 0.2) is 12.1 Å². The highest BCUT2D eigenvalue weighted by atomic mass is 14.9. The van der Waals surface area contributed by atoms with Gasteiger partial charge in [0.25, 0.3) is 0 Å². The molecular formula is C20H33N. The molecule has 0 bridgehead atoms. The Balaban J connectivity index is 2.03. The predicted octanol–water partition coefficient (Wildman–Crippen LogP) is 5.10. The van der Waals surface area contributed by atoms with Crippen molar-refractivity contribution in [1.82, 2.24) is 5.32 Å². The van der Waals surface area contributed by atoms with Gasteiger partial charge in [-0.3, -0.25) is 0 Å². The van der Waals surface area contributed by atoms with E-state index in [2.05, 4.69) is 45.1 Å². The van der Waals surface area contributed by atoms with Gasteiger partial charge in [0.05, 0.1) is 0 Å². The second-order valence-electron chi connectivity index (χ2n) is 7.12. The van der Waals surface area contributed by atoms with Crippen molar-refractivity contribution in [2.24, 2.45) is 5.92 Å². The van der Waals surface area contributed by atoms with Crippen LogP contribution in [-0.4, -0.2) is 12.6 Å². The van der Waals surface area contributed by atoms with Crippen LogP contribution in [0.1, 0.15) is 67.7 Å². The molecule has 1 nitrogen and oxygen atoms in total. The molecule has 2 rings (SSSR count). The molecule has 1 fully saturated rings. The topological polar surface area (TPSA) is 12.0 Å². The minimum atomic E-state index is 0.753. The third kappa shape index (κ3) is 4.85. The van der Waals surface area contributed by atoms with Gasteiger partial charge < -0.3 is 5.32 Å². The summed E-state index contributed by atoms with van der Waals surface area (Å²) in [6.07, 6.45) is 9.51. The highest BCUT2D eigenvalue weighted by Gasteiger charge is 2.21. The molecule has 0 spiro atoms. The van der Waals surface area contributed by atoms with Gasteiger partial charge in [0.2, 0.25) is 0 Å². The molecule has 0 radical (unpaired) electrons. The summed E-state index contributed by atoms with van der Waals surface area (Å²) in [6.45, 7) is 10.2. The number of aryl methyl sites for hydroxylation is 3. The molecule has 21 heavy (non-hydrogen) atoms. The Morgan fingerprint density at radius 3 is 2.38 bits per heavy atom. The average molecular weight is 287 g/mol. The Kier molecular flexibility index (Phi) is 6.29. The molecular weight excluding hydrogens is 254 g/mol. The van der Waals surface area contributed by atoms with E-state index in [1.165, 1.54) is 68.2 Å². The van der Waals surface area contributed by atoms with E-state index in [-0.39, 0.29) is 0 Å². The van der Waals surface area contributed by atoms with Gasteiger partial charge in [-0.05, 0) is 75.6 Å². The van der Waals surface area contributed by atoms with E-state index in [0.717, 1.165) is 12.0 Å². The first-order valence-electron chi connectivity index (χ1n) is 8.90. The molecule has 0 saturated heterocycles. The van der Waals surface area contributed by atoms with Crippen molar-refractivity contribution in [3.8, 4) is 0 Å². The molecule has 0 amide bonds. The summed E-state index contributed by atoms with van der Waals surface area (Å²) in [5.74, 6) is 0.863. The van der Waals surface area contributed by atoms with Crippen molar-refractivity contribution in [2.45, 2.75) is 78.7 Å². The summed E-state index contributed by atoms with van der Waals surface area (Å²) in [6, 6.07) is 5.46. The molecule has 1 N–H and O–H groups in total. The first-order chi connectivity index (χ1) is 10.1. The highest BCUT2D eigenvalue weighted by Crippen LogP contribution is 2.29. The van der Waals surface area contributed by atoms with Crippen molar-refractivity contribution in [3.63, 3.8) is 0 Å². The van der Waals surface area contributed by atoms with Crippen LogP contribution in [0.2, 0.25) is 0 Å². The zero-order chi connectivity index (χ0) is 15.2. The monoisotopic (exact) mass is 287 g/mol. The van der Waals surface area contributed by atoms with E-state index in [1.807, 2.05) is 0 Å². The first kappa shape index (κ1) is 16.5. The number of rotatable bonds is 5. The zero-order valence-electron chi connectivity index (χ0n) is 14.5. The smallest absolute Gasteiger partial charge is 0.00698 e. The summed E-state index contributed by atoms with van der Waals surface area (Å²) in [4.78, 5) is 0. The average Bonchev–Trinajstić information content (AvgIpc) is 2.65. The van der Waals surface area contributed by atoms with E-state index in [0.29, 0.717) is 0 Å². The summed E-state index contributed by atoms with van der Waals surface area (Å²) in [5, 5.41) is 3.77. The molecule has 1 aliphatic rings. The van der Waals surface area contributed by atoms with Crippen molar-refractivity contribution >= 4 is 0 Å². The fourth-order valence-corrected chi connectivity index (χ4v) is 4.00. The predicted molar refractivity (Wildman–Crippen MR) is 93.0 cm³/mol. The van der Waals surface area contributed by atoms with E-state index in [4.69, 9.17) is 0 Å². The molecule has 0 heterocycles. The highest BCUT2D eigenvalue weighted by molar-refractivity contribution is 5.37. The third-order valence-electron chi connectivity index (χ3n) is 5.05. The minimum Gasteiger partial charge on any atom is -0.314 e. The lowest BCUT2D eigenvalue weighted by Crippen LogP contribution is -2.31. The van der Waals surface area contributed by atoms with Crippen molar-refractivity contribution in [2.75, 3.05) is 6.54 Å². The van der Waals surface area contributed by atoms with Crippen LogP contribution in [0.4, 0.5) is 0 Å². The van der Waals surface area contributed by atoms with Gasteiger partial charge in [-0.2, -0.15) is 0 Å². The second kappa shape index (κ2) is 7.98.